The van der Waals surface area contributed by atoms with Crippen LogP contribution in [0.15, 0.2) is 0 Å². The van der Waals surface area contributed by atoms with Crippen LogP contribution in [0.2, 0.25) is 0 Å². The van der Waals surface area contributed by atoms with E-state index in [-0.39, 0.29) is 5.25 Å². The Hall–Kier alpha value is -0.390. The minimum Gasteiger partial charge on any atom is -0.336 e. The van der Waals surface area contributed by atoms with E-state index in [9.17, 15) is 18.0 Å². The lowest BCUT2D eigenvalue weighted by Crippen LogP contribution is -2.39. The molecule has 0 aliphatic carbocycles. The van der Waals surface area contributed by atoms with Gasteiger partial charge in [0, 0.05) is 7.05 Å². The molecule has 1 rings (SSSR count). The van der Waals surface area contributed by atoms with Crippen LogP contribution in [0.5, 0.6) is 0 Å². The van der Waals surface area contributed by atoms with Gasteiger partial charge in [0.1, 0.15) is 6.54 Å². The molecule has 14 heavy (non-hydrogen) atoms. The van der Waals surface area contributed by atoms with Gasteiger partial charge in [-0.3, -0.25) is 4.79 Å². The number of hydrogen-bond acceptors (Lipinski definition) is 2. The normalized spacial score (nSPS) is 22.4. The third kappa shape index (κ3) is 3.40. The summed E-state index contributed by atoms with van der Waals surface area (Å²) in [5, 5.41) is -0.262. The number of alkyl halides is 3. The van der Waals surface area contributed by atoms with Gasteiger partial charge in [-0.2, -0.15) is 13.2 Å². The number of rotatable bonds is 2. The number of carbonyl (C=O) groups is 1. The molecule has 6 heteroatoms. The van der Waals surface area contributed by atoms with E-state index in [1.54, 1.807) is 0 Å². The lowest BCUT2D eigenvalue weighted by Gasteiger charge is -2.21. The van der Waals surface area contributed by atoms with Crippen LogP contribution < -0.4 is 0 Å². The average Bonchev–Trinajstić information content (AvgIpc) is 2.51. The molecule has 0 saturated carbocycles. The third-order valence-electron chi connectivity index (χ3n) is 2.00. The highest BCUT2D eigenvalue weighted by atomic mass is 32.2. The van der Waals surface area contributed by atoms with E-state index in [0.717, 1.165) is 17.1 Å². The monoisotopic (exact) mass is 227 g/mol. The third-order valence-corrected chi connectivity index (χ3v) is 3.36. The maximum atomic E-state index is 12.0. The van der Waals surface area contributed by atoms with Gasteiger partial charge in [-0.05, 0) is 18.6 Å². The largest absolute Gasteiger partial charge is 0.406 e. The van der Waals surface area contributed by atoms with Crippen molar-refractivity contribution in [1.29, 1.82) is 0 Å². The molecule has 0 radical (unpaired) electrons. The van der Waals surface area contributed by atoms with Crippen molar-refractivity contribution < 1.29 is 18.0 Å². The van der Waals surface area contributed by atoms with Crippen molar-refractivity contribution >= 4 is 17.7 Å². The van der Waals surface area contributed by atoms with Gasteiger partial charge in [0.2, 0.25) is 5.91 Å². The Labute approximate surface area is 84.8 Å². The number of halogens is 3. The quantitative estimate of drug-likeness (QED) is 0.718. The summed E-state index contributed by atoms with van der Waals surface area (Å²) in [7, 11) is 1.20. The summed E-state index contributed by atoms with van der Waals surface area (Å²) in [6.07, 6.45) is -2.68. The van der Waals surface area contributed by atoms with E-state index in [0.29, 0.717) is 6.42 Å². The Bertz CT molecular complexity index is 213. The predicted molar refractivity (Wildman–Crippen MR) is 49.2 cm³/mol. The molecule has 1 aliphatic heterocycles. The van der Waals surface area contributed by atoms with E-state index in [4.69, 9.17) is 0 Å². The molecule has 1 fully saturated rings. The summed E-state index contributed by atoms with van der Waals surface area (Å²) >= 11 is 1.45. The molecule has 1 aliphatic rings. The smallest absolute Gasteiger partial charge is 0.336 e. The van der Waals surface area contributed by atoms with E-state index < -0.39 is 18.6 Å². The second-order valence-electron chi connectivity index (χ2n) is 3.31. The van der Waals surface area contributed by atoms with Crippen LogP contribution in [-0.4, -0.2) is 41.6 Å². The molecular formula is C8H12F3NOS. The summed E-state index contributed by atoms with van der Waals surface area (Å²) in [6.45, 7) is -1.15. The highest BCUT2D eigenvalue weighted by Crippen LogP contribution is 2.28. The van der Waals surface area contributed by atoms with Gasteiger partial charge in [0.05, 0.1) is 5.25 Å². The number of nitrogens with zero attached hydrogens (tertiary/aromatic N) is 1. The Morgan fingerprint density at radius 3 is 2.64 bits per heavy atom. The van der Waals surface area contributed by atoms with Crippen LogP contribution in [-0.2, 0) is 4.79 Å². The van der Waals surface area contributed by atoms with Crippen LogP contribution >= 0.6 is 11.8 Å². The fourth-order valence-electron chi connectivity index (χ4n) is 1.37. The molecular weight excluding hydrogens is 215 g/mol. The number of thioether (sulfide) groups is 1. The first-order chi connectivity index (χ1) is 6.40. The van der Waals surface area contributed by atoms with Crippen LogP contribution in [0.1, 0.15) is 12.8 Å². The van der Waals surface area contributed by atoms with Gasteiger partial charge in [-0.15, -0.1) is 11.8 Å². The van der Waals surface area contributed by atoms with Crippen LogP contribution in [0.3, 0.4) is 0 Å². The molecule has 0 spiro atoms. The second-order valence-corrected chi connectivity index (χ2v) is 4.62. The second kappa shape index (κ2) is 4.42. The SMILES string of the molecule is CN(CC(F)(F)F)C(=O)[C@@H]1CCCS1. The van der Waals surface area contributed by atoms with E-state index in [2.05, 4.69) is 0 Å². The minimum atomic E-state index is -4.30. The van der Waals surface area contributed by atoms with E-state index in [1.807, 2.05) is 0 Å². The molecule has 1 amide bonds. The molecule has 0 unspecified atom stereocenters. The summed E-state index contributed by atoms with van der Waals surface area (Å²) in [5.74, 6) is 0.473. The summed E-state index contributed by atoms with van der Waals surface area (Å²) in [6, 6.07) is 0. The average molecular weight is 227 g/mol. The Balaban J connectivity index is 2.43. The predicted octanol–water partition coefficient (Wildman–Crippen LogP) is 1.90. The first-order valence-corrected chi connectivity index (χ1v) is 5.38. The topological polar surface area (TPSA) is 20.3 Å². The maximum absolute atomic E-state index is 12.0. The highest BCUT2D eigenvalue weighted by Gasteiger charge is 2.34. The lowest BCUT2D eigenvalue weighted by molar-refractivity contribution is -0.158. The Morgan fingerprint density at radius 1 is 1.57 bits per heavy atom. The molecule has 0 bridgehead atoms. The summed E-state index contributed by atoms with van der Waals surface area (Å²) in [5.41, 5.74) is 0. The van der Waals surface area contributed by atoms with Crippen molar-refractivity contribution in [3.8, 4) is 0 Å². The molecule has 82 valence electrons. The van der Waals surface area contributed by atoms with Gasteiger partial charge in [-0.1, -0.05) is 0 Å². The highest BCUT2D eigenvalue weighted by molar-refractivity contribution is 8.00. The van der Waals surface area contributed by atoms with Crippen molar-refractivity contribution in [2.75, 3.05) is 19.3 Å². The number of amides is 1. The number of carbonyl (C=O) groups excluding carboxylic acids is 1. The van der Waals surface area contributed by atoms with Gasteiger partial charge < -0.3 is 4.90 Å². The van der Waals surface area contributed by atoms with Gasteiger partial charge >= 0.3 is 6.18 Å². The van der Waals surface area contributed by atoms with Gasteiger partial charge in [0.15, 0.2) is 0 Å². The summed E-state index contributed by atoms with van der Waals surface area (Å²) < 4.78 is 35.9. The molecule has 0 N–H and O–H groups in total. The van der Waals surface area contributed by atoms with Gasteiger partial charge in [-0.25, -0.2) is 0 Å². The minimum absolute atomic E-state index is 0.262. The molecule has 2 nitrogen and oxygen atoms in total. The molecule has 0 aromatic heterocycles. The van der Waals surface area contributed by atoms with E-state index in [1.165, 1.54) is 18.8 Å². The van der Waals surface area contributed by atoms with Crippen molar-refractivity contribution in [3.05, 3.63) is 0 Å². The summed E-state index contributed by atoms with van der Waals surface area (Å²) in [4.78, 5) is 12.2. The van der Waals surface area contributed by atoms with Crippen LogP contribution in [0, 0.1) is 0 Å². The van der Waals surface area contributed by atoms with Crippen molar-refractivity contribution in [2.24, 2.45) is 0 Å². The van der Waals surface area contributed by atoms with E-state index >= 15 is 0 Å². The maximum Gasteiger partial charge on any atom is 0.406 e. The molecule has 0 aromatic rings. The zero-order valence-corrected chi connectivity index (χ0v) is 8.62. The Kier molecular flexibility index (Phi) is 3.69. The Morgan fingerprint density at radius 2 is 2.21 bits per heavy atom. The lowest BCUT2D eigenvalue weighted by atomic mass is 10.2. The van der Waals surface area contributed by atoms with Crippen molar-refractivity contribution in [2.45, 2.75) is 24.3 Å². The molecule has 0 aromatic carbocycles. The molecule has 1 heterocycles. The zero-order chi connectivity index (χ0) is 10.8. The zero-order valence-electron chi connectivity index (χ0n) is 7.80. The number of hydrogen-bond donors (Lipinski definition) is 0. The van der Waals surface area contributed by atoms with Crippen LogP contribution in [0.25, 0.3) is 0 Å². The fourth-order valence-corrected chi connectivity index (χ4v) is 2.64. The standard InChI is InChI=1S/C8H12F3NOS/c1-12(5-8(9,10)11)7(13)6-3-2-4-14-6/h6H,2-5H2,1H3/t6-/m0/s1. The van der Waals surface area contributed by atoms with Gasteiger partial charge in [0.25, 0.3) is 0 Å². The molecule has 1 atom stereocenters. The first-order valence-electron chi connectivity index (χ1n) is 4.33. The van der Waals surface area contributed by atoms with Crippen molar-refractivity contribution in [3.63, 3.8) is 0 Å². The molecule has 1 saturated heterocycles. The van der Waals surface area contributed by atoms with Crippen molar-refractivity contribution in [1.82, 2.24) is 4.90 Å². The fraction of sp³-hybridized carbons (Fsp3) is 0.875. The first kappa shape index (κ1) is 11.7. The van der Waals surface area contributed by atoms with Crippen LogP contribution in [0.4, 0.5) is 13.2 Å².